The van der Waals surface area contributed by atoms with Crippen LogP contribution in [0.2, 0.25) is 0 Å². The van der Waals surface area contributed by atoms with Crippen LogP contribution in [0.25, 0.3) is 0 Å². The van der Waals surface area contributed by atoms with Crippen molar-refractivity contribution in [3.8, 4) is 5.75 Å². The molecule has 0 fully saturated rings. The first-order chi connectivity index (χ1) is 8.56. The molecule has 1 amide bonds. The molecule has 18 heavy (non-hydrogen) atoms. The Labute approximate surface area is 116 Å². The number of amides is 1. The highest BCUT2D eigenvalue weighted by Gasteiger charge is 2.10. The number of benzene rings is 1. The second-order valence-electron chi connectivity index (χ2n) is 4.09. The molecule has 0 aliphatic carbocycles. The fourth-order valence-corrected chi connectivity index (χ4v) is 1.90. The quantitative estimate of drug-likeness (QED) is 0.842. The number of hydrogen-bond acceptors (Lipinski definition) is 3. The third kappa shape index (κ3) is 4.66. The van der Waals surface area contributed by atoms with Gasteiger partial charge in [0.1, 0.15) is 5.75 Å². The first-order valence-corrected chi connectivity index (χ1v) is 6.73. The molecule has 0 radical (unpaired) electrons. The van der Waals surface area contributed by atoms with Gasteiger partial charge in [-0.15, -0.1) is 0 Å². The number of ether oxygens (including phenoxy) is 1. The van der Waals surface area contributed by atoms with E-state index < -0.39 is 0 Å². The number of carbonyl (C=O) groups is 1. The number of nitrogens with one attached hydrogen (secondary N) is 1. The SMILES string of the molecule is CCC(N)Cc1cc(Br)ccc1OCC(=O)NC. The maximum absolute atomic E-state index is 11.2. The van der Waals surface area contributed by atoms with Crippen molar-refractivity contribution in [2.24, 2.45) is 5.73 Å². The molecule has 3 N–H and O–H groups in total. The fraction of sp³-hybridized carbons (Fsp3) is 0.462. The number of hydrogen-bond donors (Lipinski definition) is 2. The molecule has 1 atom stereocenters. The number of halogens is 1. The van der Waals surface area contributed by atoms with Crippen LogP contribution >= 0.6 is 15.9 Å². The summed E-state index contributed by atoms with van der Waals surface area (Å²) in [5.74, 6) is 0.564. The average Bonchev–Trinajstić information content (AvgIpc) is 2.37. The molecule has 1 unspecified atom stereocenters. The van der Waals surface area contributed by atoms with E-state index in [0.29, 0.717) is 5.75 Å². The molecule has 100 valence electrons. The van der Waals surface area contributed by atoms with Gasteiger partial charge in [0.25, 0.3) is 5.91 Å². The van der Waals surface area contributed by atoms with Crippen molar-refractivity contribution in [3.63, 3.8) is 0 Å². The van der Waals surface area contributed by atoms with Crippen LogP contribution in [0.5, 0.6) is 5.75 Å². The Balaban J connectivity index is 2.79. The lowest BCUT2D eigenvalue weighted by Crippen LogP contribution is -2.26. The monoisotopic (exact) mass is 314 g/mol. The van der Waals surface area contributed by atoms with Gasteiger partial charge < -0.3 is 15.8 Å². The largest absolute Gasteiger partial charge is 0.483 e. The Morgan fingerprint density at radius 3 is 2.89 bits per heavy atom. The van der Waals surface area contributed by atoms with Crippen molar-refractivity contribution < 1.29 is 9.53 Å². The molecule has 1 aromatic carbocycles. The van der Waals surface area contributed by atoms with E-state index in [-0.39, 0.29) is 18.6 Å². The van der Waals surface area contributed by atoms with E-state index in [1.165, 1.54) is 0 Å². The highest BCUT2D eigenvalue weighted by atomic mass is 79.9. The van der Waals surface area contributed by atoms with E-state index in [0.717, 1.165) is 22.9 Å². The minimum Gasteiger partial charge on any atom is -0.483 e. The fourth-order valence-electron chi connectivity index (χ4n) is 1.49. The normalized spacial score (nSPS) is 12.0. The number of carbonyl (C=O) groups excluding carboxylic acids is 1. The van der Waals surface area contributed by atoms with E-state index in [9.17, 15) is 4.79 Å². The topological polar surface area (TPSA) is 64.3 Å². The summed E-state index contributed by atoms with van der Waals surface area (Å²) >= 11 is 3.43. The lowest BCUT2D eigenvalue weighted by atomic mass is 10.0. The molecule has 0 heterocycles. The van der Waals surface area contributed by atoms with Gasteiger partial charge in [0.2, 0.25) is 0 Å². The molecule has 4 nitrogen and oxygen atoms in total. The lowest BCUT2D eigenvalue weighted by molar-refractivity contribution is -0.122. The zero-order chi connectivity index (χ0) is 13.5. The molecule has 0 bridgehead atoms. The van der Waals surface area contributed by atoms with Gasteiger partial charge >= 0.3 is 0 Å². The third-order valence-electron chi connectivity index (χ3n) is 2.67. The van der Waals surface area contributed by atoms with E-state index in [4.69, 9.17) is 10.5 Å². The van der Waals surface area contributed by atoms with Gasteiger partial charge in [-0.3, -0.25) is 4.79 Å². The Morgan fingerprint density at radius 1 is 1.56 bits per heavy atom. The van der Waals surface area contributed by atoms with Crippen LogP contribution in [-0.2, 0) is 11.2 Å². The first kappa shape index (κ1) is 15.0. The van der Waals surface area contributed by atoms with Gasteiger partial charge in [-0.05, 0) is 36.6 Å². The highest BCUT2D eigenvalue weighted by Crippen LogP contribution is 2.24. The van der Waals surface area contributed by atoms with Crippen LogP contribution in [0.4, 0.5) is 0 Å². The molecule has 1 aromatic rings. The second-order valence-corrected chi connectivity index (χ2v) is 5.00. The summed E-state index contributed by atoms with van der Waals surface area (Å²) < 4.78 is 6.48. The summed E-state index contributed by atoms with van der Waals surface area (Å²) in [5, 5.41) is 2.52. The maximum atomic E-state index is 11.2. The minimum atomic E-state index is -0.149. The van der Waals surface area contributed by atoms with Crippen molar-refractivity contribution in [2.75, 3.05) is 13.7 Å². The molecular formula is C13H19BrN2O2. The van der Waals surface area contributed by atoms with Crippen LogP contribution in [0.3, 0.4) is 0 Å². The zero-order valence-electron chi connectivity index (χ0n) is 10.7. The van der Waals surface area contributed by atoms with E-state index >= 15 is 0 Å². The van der Waals surface area contributed by atoms with Crippen molar-refractivity contribution in [1.82, 2.24) is 5.32 Å². The number of rotatable bonds is 6. The van der Waals surface area contributed by atoms with Crippen molar-refractivity contribution in [2.45, 2.75) is 25.8 Å². The van der Waals surface area contributed by atoms with Gasteiger partial charge in [0, 0.05) is 17.6 Å². The van der Waals surface area contributed by atoms with E-state index in [1.54, 1.807) is 7.05 Å². The standard InChI is InChI=1S/C13H19BrN2O2/c1-3-11(15)7-9-6-10(14)4-5-12(9)18-8-13(17)16-2/h4-6,11H,3,7-8,15H2,1-2H3,(H,16,17). The molecule has 0 spiro atoms. The highest BCUT2D eigenvalue weighted by molar-refractivity contribution is 9.10. The number of nitrogens with two attached hydrogens (primary N) is 1. The molecule has 0 aliphatic heterocycles. The summed E-state index contributed by atoms with van der Waals surface area (Å²) in [6.45, 7) is 2.07. The van der Waals surface area contributed by atoms with E-state index in [1.807, 2.05) is 25.1 Å². The van der Waals surface area contributed by atoms with Crippen LogP contribution in [0.1, 0.15) is 18.9 Å². The average molecular weight is 315 g/mol. The lowest BCUT2D eigenvalue weighted by Gasteiger charge is -2.14. The molecule has 0 aromatic heterocycles. The maximum Gasteiger partial charge on any atom is 0.257 e. The van der Waals surface area contributed by atoms with Crippen LogP contribution in [0.15, 0.2) is 22.7 Å². The minimum absolute atomic E-state index is 0.0203. The van der Waals surface area contributed by atoms with Crippen molar-refractivity contribution >= 4 is 21.8 Å². The Bertz CT molecular complexity index is 410. The zero-order valence-corrected chi connectivity index (χ0v) is 12.3. The third-order valence-corrected chi connectivity index (χ3v) is 3.16. The molecule has 0 aliphatic rings. The first-order valence-electron chi connectivity index (χ1n) is 5.94. The van der Waals surface area contributed by atoms with Crippen molar-refractivity contribution in [3.05, 3.63) is 28.2 Å². The van der Waals surface area contributed by atoms with Gasteiger partial charge in [-0.2, -0.15) is 0 Å². The Kier molecular flexibility index (Phi) is 6.15. The Morgan fingerprint density at radius 2 is 2.28 bits per heavy atom. The van der Waals surface area contributed by atoms with Gasteiger partial charge in [-0.25, -0.2) is 0 Å². The molecule has 5 heteroatoms. The second kappa shape index (κ2) is 7.38. The van der Waals surface area contributed by atoms with Crippen LogP contribution < -0.4 is 15.8 Å². The summed E-state index contributed by atoms with van der Waals surface area (Å²) in [4.78, 5) is 11.2. The molecule has 0 saturated carbocycles. The summed E-state index contributed by atoms with van der Waals surface area (Å²) in [5.41, 5.74) is 6.97. The summed E-state index contributed by atoms with van der Waals surface area (Å²) in [6, 6.07) is 5.82. The van der Waals surface area contributed by atoms with Gasteiger partial charge in [0.15, 0.2) is 6.61 Å². The Hall–Kier alpha value is -1.07. The molecule has 0 saturated heterocycles. The van der Waals surface area contributed by atoms with Crippen LogP contribution in [-0.4, -0.2) is 25.6 Å². The summed E-state index contributed by atoms with van der Waals surface area (Å²) in [7, 11) is 1.58. The smallest absolute Gasteiger partial charge is 0.257 e. The predicted octanol–water partition coefficient (Wildman–Crippen LogP) is 1.85. The van der Waals surface area contributed by atoms with Gasteiger partial charge in [0.05, 0.1) is 0 Å². The van der Waals surface area contributed by atoms with Crippen LogP contribution in [0, 0.1) is 0 Å². The van der Waals surface area contributed by atoms with E-state index in [2.05, 4.69) is 21.2 Å². The van der Waals surface area contributed by atoms with Crippen molar-refractivity contribution in [1.29, 1.82) is 0 Å². The number of likely N-dealkylation sites (N-methyl/N-ethyl adjacent to an activating group) is 1. The van der Waals surface area contributed by atoms with Gasteiger partial charge in [-0.1, -0.05) is 22.9 Å². The summed E-state index contributed by atoms with van der Waals surface area (Å²) in [6.07, 6.45) is 1.64. The predicted molar refractivity (Wildman–Crippen MR) is 75.7 cm³/mol. The molecule has 1 rings (SSSR count). The molecular weight excluding hydrogens is 296 g/mol.